The maximum Gasteiger partial charge on any atom is 0.0637 e. The molecular weight excluding hydrogens is 502 g/mol. The van der Waals surface area contributed by atoms with Crippen molar-refractivity contribution in [1.29, 1.82) is 0 Å². The Morgan fingerprint density at radius 3 is 2.15 bits per heavy atom. The Kier molecular flexibility index (Phi) is 12.2. The van der Waals surface area contributed by atoms with Crippen molar-refractivity contribution in [2.75, 3.05) is 46.1 Å². The molecule has 40 heavy (non-hydrogen) atoms. The van der Waals surface area contributed by atoms with Gasteiger partial charge in [0.05, 0.1) is 18.3 Å². The van der Waals surface area contributed by atoms with Gasteiger partial charge in [0.25, 0.3) is 0 Å². The molecule has 0 amide bonds. The average molecular weight is 566 g/mol. The van der Waals surface area contributed by atoms with Crippen LogP contribution in [0.2, 0.25) is 0 Å². The highest BCUT2D eigenvalue weighted by molar-refractivity contribution is 5.15. The van der Waals surface area contributed by atoms with Crippen molar-refractivity contribution >= 4 is 0 Å². The minimum Gasteiger partial charge on any atom is -0.396 e. The summed E-state index contributed by atoms with van der Waals surface area (Å²) in [5.41, 5.74) is 18.0. The van der Waals surface area contributed by atoms with E-state index in [2.05, 4.69) is 20.8 Å². The van der Waals surface area contributed by atoms with Gasteiger partial charge in [-0.3, -0.25) is 0 Å². The highest BCUT2D eigenvalue weighted by Gasteiger charge is 2.66. The zero-order valence-electron chi connectivity index (χ0n) is 26.0. The van der Waals surface area contributed by atoms with Crippen molar-refractivity contribution in [2.45, 2.75) is 116 Å². The number of hydrogen-bond acceptors (Lipinski definition) is 7. The standard InChI is InChI=1S/C33H63N3O4/c1-23(8-4-16-37)26-9-10-27-31-28(22-30(33(26,27)3)40-19-7-15-36)32(2)12-11-25(38-17-5-13-34)20-24(32)21-29(31)39-18-6-14-35/h23-31,37H,4-22,34-36H2,1-3H3/t23?,24?,25-,26?,27+,28+,29-,30+,31?,32+,33-/m1/s1. The lowest BCUT2D eigenvalue weighted by Crippen LogP contribution is -2.63. The van der Waals surface area contributed by atoms with Crippen molar-refractivity contribution in [3.05, 3.63) is 0 Å². The van der Waals surface area contributed by atoms with Gasteiger partial charge >= 0.3 is 0 Å². The summed E-state index contributed by atoms with van der Waals surface area (Å²) in [6.45, 7) is 12.2. The summed E-state index contributed by atoms with van der Waals surface area (Å²) in [6, 6.07) is 0. The number of aliphatic hydroxyl groups excluding tert-OH is 1. The quantitative estimate of drug-likeness (QED) is 0.203. The van der Waals surface area contributed by atoms with Crippen LogP contribution in [-0.2, 0) is 14.2 Å². The third kappa shape index (κ3) is 6.61. The van der Waals surface area contributed by atoms with Crippen LogP contribution in [0.1, 0.15) is 97.8 Å². The monoisotopic (exact) mass is 565 g/mol. The number of fused-ring (bicyclic) bond motifs is 5. The van der Waals surface area contributed by atoms with E-state index in [1.165, 1.54) is 19.3 Å². The first-order chi connectivity index (χ1) is 19.3. The van der Waals surface area contributed by atoms with Gasteiger partial charge in [-0.25, -0.2) is 0 Å². The molecule has 7 nitrogen and oxygen atoms in total. The van der Waals surface area contributed by atoms with E-state index in [4.69, 9.17) is 31.4 Å². The van der Waals surface area contributed by atoms with Gasteiger partial charge in [-0.2, -0.15) is 0 Å². The zero-order valence-corrected chi connectivity index (χ0v) is 26.0. The smallest absolute Gasteiger partial charge is 0.0637 e. The summed E-state index contributed by atoms with van der Waals surface area (Å²) >= 11 is 0. The second-order valence-electron chi connectivity index (χ2n) is 14.3. The summed E-state index contributed by atoms with van der Waals surface area (Å²) in [4.78, 5) is 0. The molecule has 11 atom stereocenters. The number of nitrogens with two attached hydrogens (primary N) is 3. The van der Waals surface area contributed by atoms with Crippen molar-refractivity contribution in [1.82, 2.24) is 0 Å². The Bertz CT molecular complexity index is 757. The summed E-state index contributed by atoms with van der Waals surface area (Å²) < 4.78 is 20.1. The lowest BCUT2D eigenvalue weighted by atomic mass is 9.43. The Balaban J connectivity index is 1.64. The average Bonchev–Trinajstić information content (AvgIpc) is 3.31. The second kappa shape index (κ2) is 14.9. The van der Waals surface area contributed by atoms with Gasteiger partial charge in [0.1, 0.15) is 0 Å². The van der Waals surface area contributed by atoms with Crippen LogP contribution in [0.5, 0.6) is 0 Å². The normalized spacial score (nSPS) is 41.8. The van der Waals surface area contributed by atoms with Crippen molar-refractivity contribution in [3.8, 4) is 0 Å². The number of hydrogen-bond donors (Lipinski definition) is 4. The van der Waals surface area contributed by atoms with Gasteiger partial charge < -0.3 is 36.5 Å². The van der Waals surface area contributed by atoms with E-state index in [1.807, 2.05) is 0 Å². The van der Waals surface area contributed by atoms with E-state index in [1.54, 1.807) is 0 Å². The maximum atomic E-state index is 9.58. The van der Waals surface area contributed by atoms with Crippen molar-refractivity contribution in [3.63, 3.8) is 0 Å². The molecule has 4 saturated carbocycles. The summed E-state index contributed by atoms with van der Waals surface area (Å²) in [5.74, 6) is 3.60. The Labute approximate surface area is 245 Å². The Hall–Kier alpha value is -0.280. The van der Waals surface area contributed by atoms with Crippen molar-refractivity contribution in [2.24, 2.45) is 63.5 Å². The zero-order chi connectivity index (χ0) is 28.8. The first-order valence-corrected chi connectivity index (χ1v) is 16.9. The van der Waals surface area contributed by atoms with Crippen LogP contribution >= 0.6 is 0 Å². The van der Waals surface area contributed by atoms with Crippen LogP contribution in [0.3, 0.4) is 0 Å². The van der Waals surface area contributed by atoms with E-state index in [9.17, 15) is 5.11 Å². The van der Waals surface area contributed by atoms with Gasteiger partial charge in [-0.15, -0.1) is 0 Å². The fourth-order valence-electron chi connectivity index (χ4n) is 10.2. The summed E-state index contributed by atoms with van der Waals surface area (Å²) in [7, 11) is 0. The van der Waals surface area contributed by atoms with Crippen LogP contribution in [-0.4, -0.2) is 69.5 Å². The molecule has 4 rings (SSSR count). The molecule has 0 saturated heterocycles. The number of ether oxygens (including phenoxy) is 3. The summed E-state index contributed by atoms with van der Waals surface area (Å²) in [5, 5.41) is 9.58. The SMILES string of the molecule is CC(CCCO)C1CC[C@H]2C3[C@H](OCCCN)CC4C[C@H](OCCCN)CC[C@]4(C)[C@H]3C[C@H](OCCCN)[C@]12C. The molecule has 4 fully saturated rings. The molecule has 4 unspecified atom stereocenters. The van der Waals surface area contributed by atoms with E-state index >= 15 is 0 Å². The molecule has 7 heteroatoms. The van der Waals surface area contributed by atoms with Crippen LogP contribution in [0.15, 0.2) is 0 Å². The predicted molar refractivity (Wildman–Crippen MR) is 162 cm³/mol. The molecule has 234 valence electrons. The van der Waals surface area contributed by atoms with Gasteiger partial charge in [-0.05, 0) is 138 Å². The third-order valence-corrected chi connectivity index (χ3v) is 12.3. The molecule has 0 aromatic heterocycles. The second-order valence-corrected chi connectivity index (χ2v) is 14.3. The van der Waals surface area contributed by atoms with Crippen LogP contribution < -0.4 is 17.2 Å². The Morgan fingerprint density at radius 2 is 1.48 bits per heavy atom. The third-order valence-electron chi connectivity index (χ3n) is 12.3. The number of rotatable bonds is 16. The molecule has 0 aliphatic heterocycles. The molecule has 4 aliphatic rings. The van der Waals surface area contributed by atoms with Crippen LogP contribution in [0.4, 0.5) is 0 Å². The molecule has 0 radical (unpaired) electrons. The topological polar surface area (TPSA) is 126 Å². The molecular formula is C33H63N3O4. The van der Waals surface area contributed by atoms with Gasteiger partial charge in [0.2, 0.25) is 0 Å². The highest BCUT2D eigenvalue weighted by atomic mass is 16.5. The number of aliphatic hydroxyl groups is 1. The lowest BCUT2D eigenvalue weighted by Gasteiger charge is -2.65. The van der Waals surface area contributed by atoms with Gasteiger partial charge in [0, 0.05) is 31.8 Å². The molecule has 0 aromatic rings. The molecule has 0 spiro atoms. The minimum absolute atomic E-state index is 0.131. The lowest BCUT2D eigenvalue weighted by molar-refractivity contribution is -0.227. The molecule has 7 N–H and O–H groups in total. The van der Waals surface area contributed by atoms with E-state index in [-0.39, 0.29) is 18.1 Å². The molecule has 4 aliphatic carbocycles. The first kappa shape index (κ1) is 32.6. The van der Waals surface area contributed by atoms with E-state index in [0.717, 1.165) is 77.6 Å². The first-order valence-electron chi connectivity index (χ1n) is 16.9. The highest BCUT2D eigenvalue weighted by Crippen LogP contribution is 2.69. The van der Waals surface area contributed by atoms with Crippen LogP contribution in [0, 0.1) is 46.3 Å². The fourth-order valence-corrected chi connectivity index (χ4v) is 10.2. The van der Waals surface area contributed by atoms with Crippen LogP contribution in [0.25, 0.3) is 0 Å². The largest absolute Gasteiger partial charge is 0.396 e. The van der Waals surface area contributed by atoms with Gasteiger partial charge in [-0.1, -0.05) is 20.8 Å². The Morgan fingerprint density at radius 1 is 0.800 bits per heavy atom. The fraction of sp³-hybridized carbons (Fsp3) is 1.00. The van der Waals surface area contributed by atoms with Crippen molar-refractivity contribution < 1.29 is 19.3 Å². The molecule has 0 heterocycles. The van der Waals surface area contributed by atoms with E-state index < -0.39 is 0 Å². The summed E-state index contributed by atoms with van der Waals surface area (Å²) in [6.07, 6.45) is 14.0. The van der Waals surface area contributed by atoms with E-state index in [0.29, 0.717) is 72.8 Å². The predicted octanol–water partition coefficient (Wildman–Crippen LogP) is 4.48. The minimum atomic E-state index is 0.131. The van der Waals surface area contributed by atoms with Gasteiger partial charge in [0.15, 0.2) is 0 Å². The maximum absolute atomic E-state index is 9.58. The molecule has 0 bridgehead atoms. The molecule has 0 aromatic carbocycles.